The van der Waals surface area contributed by atoms with E-state index in [1.807, 2.05) is 0 Å². The molecule has 2 atom stereocenters. The van der Waals surface area contributed by atoms with Gasteiger partial charge in [0.1, 0.15) is 11.9 Å². The number of anilines is 1. The number of carbonyl (C=O) groups excluding carboxylic acids is 1. The average Bonchev–Trinajstić information content (AvgIpc) is 3.08. The number of rotatable bonds is 5. The van der Waals surface area contributed by atoms with E-state index in [-0.39, 0.29) is 17.8 Å². The maximum absolute atomic E-state index is 12.9. The Kier molecular flexibility index (Phi) is 5.06. The van der Waals surface area contributed by atoms with Crippen molar-refractivity contribution in [3.63, 3.8) is 0 Å². The maximum atomic E-state index is 12.9. The van der Waals surface area contributed by atoms with Gasteiger partial charge in [-0.05, 0) is 13.0 Å². The molecule has 128 valence electrons. The molecule has 0 unspecified atom stereocenters. The second-order valence-electron chi connectivity index (χ2n) is 5.88. The quantitative estimate of drug-likeness (QED) is 0.898. The van der Waals surface area contributed by atoms with E-state index in [0.717, 1.165) is 30.6 Å². The molecule has 0 radical (unpaired) electrons. The van der Waals surface area contributed by atoms with Gasteiger partial charge in [-0.15, -0.1) is 11.3 Å². The van der Waals surface area contributed by atoms with Crippen molar-refractivity contribution in [1.82, 2.24) is 14.9 Å². The fourth-order valence-corrected chi connectivity index (χ4v) is 3.63. The number of nitrogens with one attached hydrogen (secondary N) is 1. The summed E-state index contributed by atoms with van der Waals surface area (Å²) in [6, 6.07) is 3.26. The van der Waals surface area contributed by atoms with Crippen molar-refractivity contribution in [1.29, 1.82) is 0 Å². The van der Waals surface area contributed by atoms with E-state index in [4.69, 9.17) is 4.74 Å². The first kappa shape index (κ1) is 16.8. The molecule has 2 aromatic heterocycles. The normalized spacial score (nSPS) is 21.0. The molecular formula is C16H19FN4O2S. The summed E-state index contributed by atoms with van der Waals surface area (Å²) in [7, 11) is 0. The van der Waals surface area contributed by atoms with Crippen molar-refractivity contribution in [3.8, 4) is 5.88 Å². The van der Waals surface area contributed by atoms with Crippen LogP contribution in [-0.4, -0.2) is 39.5 Å². The van der Waals surface area contributed by atoms with Crippen LogP contribution in [0.2, 0.25) is 0 Å². The van der Waals surface area contributed by atoms with Crippen LogP contribution in [0, 0.1) is 5.82 Å². The zero-order chi connectivity index (χ0) is 17.1. The van der Waals surface area contributed by atoms with Crippen LogP contribution in [0.15, 0.2) is 24.5 Å². The number of hydrogen-bond acceptors (Lipinski definition) is 6. The summed E-state index contributed by atoms with van der Waals surface area (Å²) in [5.41, 5.74) is 0. The third kappa shape index (κ3) is 4.27. The van der Waals surface area contributed by atoms with Crippen molar-refractivity contribution in [2.75, 3.05) is 11.9 Å². The van der Waals surface area contributed by atoms with Crippen LogP contribution in [0.5, 0.6) is 5.88 Å². The minimum Gasteiger partial charge on any atom is -0.473 e. The standard InChI is InChI=1S/C16H19FN4O2S/c1-10-5-13(23-15-4-3-12(17)6-18-15)8-21(10)9-14-7-19-16(24-14)20-11(2)22/h3-4,6-7,10,13H,5,8-9H2,1-2H3,(H,19,20,22)/t10-,13+/m0/s1. The Morgan fingerprint density at radius 1 is 1.46 bits per heavy atom. The molecule has 0 bridgehead atoms. The van der Waals surface area contributed by atoms with Crippen LogP contribution < -0.4 is 10.1 Å². The van der Waals surface area contributed by atoms with Gasteiger partial charge in [0.25, 0.3) is 0 Å². The van der Waals surface area contributed by atoms with Crippen LogP contribution in [0.3, 0.4) is 0 Å². The van der Waals surface area contributed by atoms with Gasteiger partial charge < -0.3 is 10.1 Å². The lowest BCUT2D eigenvalue weighted by Crippen LogP contribution is -2.27. The average molecular weight is 350 g/mol. The fraction of sp³-hybridized carbons (Fsp3) is 0.438. The van der Waals surface area contributed by atoms with Gasteiger partial charge in [-0.2, -0.15) is 0 Å². The van der Waals surface area contributed by atoms with Gasteiger partial charge in [0, 0.05) is 49.6 Å². The molecule has 1 amide bonds. The number of carbonyl (C=O) groups is 1. The smallest absolute Gasteiger partial charge is 0.223 e. The number of nitrogens with zero attached hydrogens (tertiary/aromatic N) is 3. The third-order valence-corrected chi connectivity index (χ3v) is 4.75. The van der Waals surface area contributed by atoms with E-state index in [2.05, 4.69) is 27.1 Å². The number of amides is 1. The minimum absolute atomic E-state index is 0.0284. The monoisotopic (exact) mass is 350 g/mol. The molecule has 0 spiro atoms. The summed E-state index contributed by atoms with van der Waals surface area (Å²) in [5, 5.41) is 3.31. The topological polar surface area (TPSA) is 67.4 Å². The fourth-order valence-electron chi connectivity index (χ4n) is 2.74. The molecule has 24 heavy (non-hydrogen) atoms. The molecule has 1 N–H and O–H groups in total. The van der Waals surface area contributed by atoms with Crippen molar-refractivity contribution in [2.24, 2.45) is 0 Å². The lowest BCUT2D eigenvalue weighted by atomic mass is 10.2. The minimum atomic E-state index is -0.371. The van der Waals surface area contributed by atoms with Gasteiger partial charge in [-0.25, -0.2) is 14.4 Å². The number of likely N-dealkylation sites (tertiary alicyclic amines) is 1. The Bertz CT molecular complexity index is 706. The first-order valence-electron chi connectivity index (χ1n) is 7.74. The molecule has 8 heteroatoms. The first-order valence-corrected chi connectivity index (χ1v) is 8.56. The number of ether oxygens (including phenoxy) is 1. The van der Waals surface area contributed by atoms with Crippen LogP contribution in [-0.2, 0) is 11.3 Å². The summed E-state index contributed by atoms with van der Waals surface area (Å²) in [4.78, 5) is 22.6. The summed E-state index contributed by atoms with van der Waals surface area (Å²) in [6.45, 7) is 5.15. The summed E-state index contributed by atoms with van der Waals surface area (Å²) < 4.78 is 18.7. The molecule has 1 aliphatic heterocycles. The lowest BCUT2D eigenvalue weighted by Gasteiger charge is -2.19. The van der Waals surface area contributed by atoms with Crippen LogP contribution >= 0.6 is 11.3 Å². The van der Waals surface area contributed by atoms with Gasteiger partial charge in [-0.3, -0.25) is 9.69 Å². The molecule has 0 aromatic carbocycles. The molecule has 1 aliphatic rings. The van der Waals surface area contributed by atoms with E-state index < -0.39 is 0 Å². The van der Waals surface area contributed by atoms with Crippen molar-refractivity contribution < 1.29 is 13.9 Å². The molecule has 6 nitrogen and oxygen atoms in total. The van der Waals surface area contributed by atoms with Gasteiger partial charge in [-0.1, -0.05) is 0 Å². The highest BCUT2D eigenvalue weighted by molar-refractivity contribution is 7.15. The third-order valence-electron chi connectivity index (χ3n) is 3.85. The Hall–Kier alpha value is -2.06. The van der Waals surface area contributed by atoms with Gasteiger partial charge >= 0.3 is 0 Å². The number of pyridine rings is 1. The Labute approximate surface area is 143 Å². The molecule has 1 fully saturated rings. The second-order valence-corrected chi connectivity index (χ2v) is 7.00. The Balaban J connectivity index is 1.56. The van der Waals surface area contributed by atoms with Crippen molar-refractivity contribution in [3.05, 3.63) is 35.2 Å². The molecular weight excluding hydrogens is 331 g/mol. The summed E-state index contributed by atoms with van der Waals surface area (Å²) in [6.07, 6.45) is 3.86. The highest BCUT2D eigenvalue weighted by Gasteiger charge is 2.31. The summed E-state index contributed by atoms with van der Waals surface area (Å²) in [5.74, 6) is -0.0455. The number of thiazole rings is 1. The van der Waals surface area contributed by atoms with Crippen LogP contribution in [0.1, 0.15) is 25.1 Å². The van der Waals surface area contributed by atoms with E-state index in [9.17, 15) is 9.18 Å². The number of halogens is 1. The van der Waals surface area contributed by atoms with Gasteiger partial charge in [0.15, 0.2) is 5.13 Å². The van der Waals surface area contributed by atoms with Crippen LogP contribution in [0.4, 0.5) is 9.52 Å². The zero-order valence-corrected chi connectivity index (χ0v) is 14.3. The molecule has 0 saturated carbocycles. The first-order chi connectivity index (χ1) is 11.5. The van der Waals surface area contributed by atoms with E-state index >= 15 is 0 Å². The highest BCUT2D eigenvalue weighted by Crippen LogP contribution is 2.26. The van der Waals surface area contributed by atoms with E-state index in [1.165, 1.54) is 24.3 Å². The van der Waals surface area contributed by atoms with Gasteiger partial charge in [0.2, 0.25) is 11.8 Å². The molecule has 2 aromatic rings. The predicted octanol–water partition coefficient (Wildman–Crippen LogP) is 2.68. The van der Waals surface area contributed by atoms with E-state index in [1.54, 1.807) is 12.3 Å². The van der Waals surface area contributed by atoms with E-state index in [0.29, 0.717) is 17.1 Å². The number of aromatic nitrogens is 2. The molecule has 3 heterocycles. The van der Waals surface area contributed by atoms with Gasteiger partial charge in [0.05, 0.1) is 6.20 Å². The molecule has 0 aliphatic carbocycles. The largest absolute Gasteiger partial charge is 0.473 e. The van der Waals surface area contributed by atoms with Crippen molar-refractivity contribution in [2.45, 2.75) is 39.0 Å². The highest BCUT2D eigenvalue weighted by atomic mass is 32.1. The zero-order valence-electron chi connectivity index (χ0n) is 13.5. The lowest BCUT2D eigenvalue weighted by molar-refractivity contribution is -0.114. The number of hydrogen-bond donors (Lipinski definition) is 1. The Morgan fingerprint density at radius 2 is 2.29 bits per heavy atom. The van der Waals surface area contributed by atoms with Crippen molar-refractivity contribution >= 4 is 22.4 Å². The summed E-state index contributed by atoms with van der Waals surface area (Å²) >= 11 is 1.48. The molecule has 3 rings (SSSR count). The second kappa shape index (κ2) is 7.23. The maximum Gasteiger partial charge on any atom is 0.223 e. The SMILES string of the molecule is CC(=O)Nc1ncc(CN2C[C@H](Oc3ccc(F)cn3)C[C@@H]2C)s1. The van der Waals surface area contributed by atoms with Crippen LogP contribution in [0.25, 0.3) is 0 Å². The Morgan fingerprint density at radius 3 is 3.00 bits per heavy atom. The molecule has 1 saturated heterocycles. The predicted molar refractivity (Wildman–Crippen MR) is 89.5 cm³/mol.